The molecule has 0 aliphatic heterocycles. The molecule has 1 aromatic rings. The maximum Gasteiger partial charge on any atom is 0.326 e. The normalized spacial score (nSPS) is 11.1. The van der Waals surface area contributed by atoms with E-state index in [1.54, 1.807) is 4.72 Å². The van der Waals surface area contributed by atoms with Gasteiger partial charge in [-0.1, -0.05) is 0 Å². The molecular weight excluding hydrogens is 237 g/mol. The van der Waals surface area contributed by atoms with Crippen molar-refractivity contribution in [2.45, 2.75) is 11.8 Å². The standard InChI is InChI=1S/C8H10FN3O3S/c1-4-2-5(9)6(10)3-7(4)16(14,15)12-8(11)13/h2-3H,10H2,1H3,(H3,11,12,13). The molecule has 0 aliphatic carbocycles. The van der Waals surface area contributed by atoms with E-state index < -0.39 is 21.9 Å². The van der Waals surface area contributed by atoms with Crippen molar-refractivity contribution in [2.24, 2.45) is 5.73 Å². The van der Waals surface area contributed by atoms with E-state index in [0.29, 0.717) is 0 Å². The van der Waals surface area contributed by atoms with Crippen molar-refractivity contribution in [3.05, 3.63) is 23.5 Å². The summed E-state index contributed by atoms with van der Waals surface area (Å²) in [5, 5.41) is 0. The molecule has 0 heterocycles. The topological polar surface area (TPSA) is 115 Å². The number of hydrogen-bond donors (Lipinski definition) is 3. The lowest BCUT2D eigenvalue weighted by molar-refractivity contribution is 0.253. The summed E-state index contributed by atoms with van der Waals surface area (Å²) in [5.74, 6) is -0.726. The van der Waals surface area contributed by atoms with Gasteiger partial charge in [0.25, 0.3) is 10.0 Å². The molecule has 88 valence electrons. The summed E-state index contributed by atoms with van der Waals surface area (Å²) < 4.78 is 37.6. The fourth-order valence-electron chi connectivity index (χ4n) is 1.15. The zero-order valence-electron chi connectivity index (χ0n) is 8.32. The van der Waals surface area contributed by atoms with Crippen molar-refractivity contribution in [1.29, 1.82) is 0 Å². The van der Waals surface area contributed by atoms with Crippen LogP contribution >= 0.6 is 0 Å². The van der Waals surface area contributed by atoms with Gasteiger partial charge in [0.2, 0.25) is 0 Å². The second kappa shape index (κ2) is 3.97. The van der Waals surface area contributed by atoms with Gasteiger partial charge in [0.05, 0.1) is 10.6 Å². The molecule has 16 heavy (non-hydrogen) atoms. The monoisotopic (exact) mass is 247 g/mol. The molecule has 0 atom stereocenters. The molecule has 0 saturated carbocycles. The highest BCUT2D eigenvalue weighted by Gasteiger charge is 2.20. The second-order valence-electron chi connectivity index (χ2n) is 3.11. The second-order valence-corrected chi connectivity index (χ2v) is 4.76. The van der Waals surface area contributed by atoms with Gasteiger partial charge in [-0.3, -0.25) is 0 Å². The van der Waals surface area contributed by atoms with Gasteiger partial charge in [-0.2, -0.15) is 0 Å². The molecule has 0 aliphatic rings. The van der Waals surface area contributed by atoms with Gasteiger partial charge >= 0.3 is 6.03 Å². The van der Waals surface area contributed by atoms with Gasteiger partial charge in [0.1, 0.15) is 5.82 Å². The summed E-state index contributed by atoms with van der Waals surface area (Å²) in [6, 6.07) is 0.670. The minimum Gasteiger partial charge on any atom is -0.396 e. The maximum atomic E-state index is 13.0. The Bertz CT molecular complexity index is 542. The van der Waals surface area contributed by atoms with Crippen LogP contribution in [0.4, 0.5) is 14.9 Å². The van der Waals surface area contributed by atoms with E-state index in [-0.39, 0.29) is 16.1 Å². The molecule has 0 saturated heterocycles. The van der Waals surface area contributed by atoms with Gasteiger partial charge < -0.3 is 11.5 Å². The van der Waals surface area contributed by atoms with Crippen LogP contribution in [0.15, 0.2) is 17.0 Å². The lowest BCUT2D eigenvalue weighted by Crippen LogP contribution is -2.35. The van der Waals surface area contributed by atoms with Crippen LogP contribution in [0.25, 0.3) is 0 Å². The number of nitrogen functional groups attached to an aromatic ring is 1. The highest BCUT2D eigenvalue weighted by molar-refractivity contribution is 7.90. The Morgan fingerprint density at radius 3 is 2.50 bits per heavy atom. The van der Waals surface area contributed by atoms with E-state index in [1.807, 2.05) is 0 Å². The Balaban J connectivity index is 3.34. The van der Waals surface area contributed by atoms with Crippen molar-refractivity contribution in [3.8, 4) is 0 Å². The number of nitrogens with one attached hydrogen (secondary N) is 1. The number of urea groups is 1. The van der Waals surface area contributed by atoms with Crippen molar-refractivity contribution >= 4 is 21.7 Å². The molecule has 1 aromatic carbocycles. The van der Waals surface area contributed by atoms with Crippen molar-refractivity contribution in [1.82, 2.24) is 4.72 Å². The van der Waals surface area contributed by atoms with Gasteiger partial charge in [-0.25, -0.2) is 22.3 Å². The van der Waals surface area contributed by atoms with Crippen LogP contribution in [0.1, 0.15) is 5.56 Å². The average Bonchev–Trinajstić information content (AvgIpc) is 2.08. The van der Waals surface area contributed by atoms with Crippen molar-refractivity contribution < 1.29 is 17.6 Å². The molecule has 2 amide bonds. The molecule has 0 radical (unpaired) electrons. The number of halogens is 1. The van der Waals surface area contributed by atoms with E-state index in [2.05, 4.69) is 0 Å². The predicted molar refractivity (Wildman–Crippen MR) is 55.5 cm³/mol. The fraction of sp³-hybridized carbons (Fsp3) is 0.125. The number of sulfonamides is 1. The van der Waals surface area contributed by atoms with Gasteiger partial charge in [-0.05, 0) is 24.6 Å². The van der Waals surface area contributed by atoms with Crippen LogP contribution in [0.5, 0.6) is 0 Å². The van der Waals surface area contributed by atoms with Crippen LogP contribution in [0, 0.1) is 12.7 Å². The highest BCUT2D eigenvalue weighted by atomic mass is 32.2. The smallest absolute Gasteiger partial charge is 0.326 e. The number of nitrogens with two attached hydrogens (primary N) is 2. The highest BCUT2D eigenvalue weighted by Crippen LogP contribution is 2.21. The molecule has 0 spiro atoms. The van der Waals surface area contributed by atoms with E-state index in [9.17, 15) is 17.6 Å². The van der Waals surface area contributed by atoms with Crippen LogP contribution in [-0.4, -0.2) is 14.4 Å². The summed E-state index contributed by atoms with van der Waals surface area (Å²) in [4.78, 5) is 10.2. The van der Waals surface area contributed by atoms with E-state index in [4.69, 9.17) is 11.5 Å². The molecule has 8 heteroatoms. The molecule has 5 N–H and O–H groups in total. The molecule has 6 nitrogen and oxygen atoms in total. The summed E-state index contributed by atoms with van der Waals surface area (Å²) in [6.07, 6.45) is 0. The Labute approximate surface area is 91.5 Å². The van der Waals surface area contributed by atoms with Crippen LogP contribution in [0.3, 0.4) is 0 Å². The first-order valence-electron chi connectivity index (χ1n) is 4.12. The molecule has 0 aromatic heterocycles. The number of benzene rings is 1. The molecular formula is C8H10FN3O3S. The first kappa shape index (κ1) is 12.2. The van der Waals surface area contributed by atoms with Crippen molar-refractivity contribution in [2.75, 3.05) is 5.73 Å². The van der Waals surface area contributed by atoms with Gasteiger partial charge in [-0.15, -0.1) is 0 Å². The third-order valence-electron chi connectivity index (χ3n) is 1.82. The third kappa shape index (κ3) is 2.40. The van der Waals surface area contributed by atoms with E-state index in [0.717, 1.165) is 12.1 Å². The molecule has 1 rings (SSSR count). The van der Waals surface area contributed by atoms with Crippen LogP contribution in [-0.2, 0) is 10.0 Å². The number of carbonyl (C=O) groups is 1. The SMILES string of the molecule is Cc1cc(F)c(N)cc1S(=O)(=O)NC(N)=O. The number of aryl methyl sites for hydroxylation is 1. The van der Waals surface area contributed by atoms with Gasteiger partial charge in [0.15, 0.2) is 0 Å². The molecule has 0 fully saturated rings. The van der Waals surface area contributed by atoms with Crippen molar-refractivity contribution in [3.63, 3.8) is 0 Å². The Morgan fingerprint density at radius 2 is 2.00 bits per heavy atom. The van der Waals surface area contributed by atoms with E-state index in [1.165, 1.54) is 6.92 Å². The molecule has 0 bridgehead atoms. The Hall–Kier alpha value is -1.83. The first-order chi connectivity index (χ1) is 7.24. The quantitative estimate of drug-likeness (QED) is 0.641. The Morgan fingerprint density at radius 1 is 1.44 bits per heavy atom. The molecule has 0 unspecified atom stereocenters. The number of carbonyl (C=O) groups excluding carboxylic acids is 1. The lowest BCUT2D eigenvalue weighted by atomic mass is 10.2. The minimum absolute atomic E-state index is 0.125. The zero-order valence-corrected chi connectivity index (χ0v) is 9.14. The van der Waals surface area contributed by atoms with Crippen LogP contribution < -0.4 is 16.2 Å². The van der Waals surface area contributed by atoms with Gasteiger partial charge in [0, 0.05) is 0 Å². The first-order valence-corrected chi connectivity index (χ1v) is 5.60. The maximum absolute atomic E-state index is 13.0. The summed E-state index contributed by atoms with van der Waals surface area (Å²) >= 11 is 0. The summed E-state index contributed by atoms with van der Waals surface area (Å²) in [6.45, 7) is 1.37. The largest absolute Gasteiger partial charge is 0.396 e. The Kier molecular flexibility index (Phi) is 3.04. The predicted octanol–water partition coefficient (Wildman–Crippen LogP) is 0.0733. The summed E-state index contributed by atoms with van der Waals surface area (Å²) in [7, 11) is -4.10. The number of hydrogen-bond acceptors (Lipinski definition) is 4. The number of rotatable bonds is 2. The lowest BCUT2D eigenvalue weighted by Gasteiger charge is -2.08. The number of amides is 2. The fourth-order valence-corrected chi connectivity index (χ4v) is 2.29. The van der Waals surface area contributed by atoms with E-state index >= 15 is 0 Å². The third-order valence-corrected chi connectivity index (χ3v) is 3.31. The number of anilines is 1. The van der Waals surface area contributed by atoms with Crippen LogP contribution in [0.2, 0.25) is 0 Å². The zero-order chi connectivity index (χ0) is 12.5. The average molecular weight is 247 g/mol. The number of primary amides is 1. The minimum atomic E-state index is -4.10. The summed E-state index contributed by atoms with van der Waals surface area (Å²) in [5.41, 5.74) is 9.73.